The van der Waals surface area contributed by atoms with E-state index in [-0.39, 0.29) is 11.4 Å². The van der Waals surface area contributed by atoms with Gasteiger partial charge in [-0.1, -0.05) is 42.5 Å². The van der Waals surface area contributed by atoms with Gasteiger partial charge in [0.1, 0.15) is 10.7 Å². The average molecular weight is 543 g/mol. The number of carbonyl (C=O) groups excluding carboxylic acids is 2. The van der Waals surface area contributed by atoms with E-state index >= 15 is 0 Å². The molecule has 0 bridgehead atoms. The van der Waals surface area contributed by atoms with Crippen LogP contribution in [0.1, 0.15) is 25.7 Å². The number of hydrogen-bond acceptors (Lipinski definition) is 5. The van der Waals surface area contributed by atoms with E-state index in [9.17, 15) is 23.9 Å². The Morgan fingerprint density at radius 3 is 2.62 bits per heavy atom. The summed E-state index contributed by atoms with van der Waals surface area (Å²) in [7, 11) is 0. The fourth-order valence-electron chi connectivity index (χ4n) is 4.28. The zero-order valence-corrected chi connectivity index (χ0v) is 21.5. The molecule has 1 aromatic heterocycles. The molecule has 3 N–H and O–H groups in total. The van der Waals surface area contributed by atoms with Crippen molar-refractivity contribution >= 4 is 46.8 Å². The lowest BCUT2D eigenvalue weighted by Gasteiger charge is -2.27. The lowest BCUT2D eigenvalue weighted by Crippen LogP contribution is -2.47. The number of aromatic carboxylic acids is 1. The maximum absolute atomic E-state index is 14.5. The first-order valence-corrected chi connectivity index (χ1v) is 12.8. The van der Waals surface area contributed by atoms with E-state index in [2.05, 4.69) is 15.6 Å². The molecule has 0 saturated carbocycles. The van der Waals surface area contributed by atoms with Gasteiger partial charge >= 0.3 is 12.0 Å². The van der Waals surface area contributed by atoms with E-state index in [4.69, 9.17) is 0 Å². The molecule has 0 saturated heterocycles. The number of para-hydroxylation sites is 1. The molecule has 2 heterocycles. The third kappa shape index (κ3) is 5.70. The second-order valence-corrected chi connectivity index (χ2v) is 10.1. The highest BCUT2D eigenvalue weighted by Crippen LogP contribution is 2.28. The molecule has 39 heavy (non-hydrogen) atoms. The van der Waals surface area contributed by atoms with Gasteiger partial charge in [-0.05, 0) is 54.4 Å². The number of halogens is 1. The van der Waals surface area contributed by atoms with Gasteiger partial charge < -0.3 is 15.7 Å². The van der Waals surface area contributed by atoms with Crippen LogP contribution >= 0.6 is 11.3 Å². The topological polar surface area (TPSA) is 111 Å². The summed E-state index contributed by atoms with van der Waals surface area (Å²) in [6.07, 6.45) is 0.293. The molecular formula is C29H23FN4O4S. The number of thiophene rings is 1. The molecule has 1 unspecified atom stereocenters. The van der Waals surface area contributed by atoms with E-state index in [1.54, 1.807) is 54.6 Å². The number of carboxylic acids is 1. The third-order valence-electron chi connectivity index (χ3n) is 6.08. The number of amides is 3. The Morgan fingerprint density at radius 1 is 1.08 bits per heavy atom. The fourth-order valence-corrected chi connectivity index (χ4v) is 5.12. The number of fused-ring (bicyclic) bond motifs is 1. The van der Waals surface area contributed by atoms with Gasteiger partial charge in [0.2, 0.25) is 6.17 Å². The average Bonchev–Trinajstić information content (AvgIpc) is 3.31. The Hall–Kier alpha value is -4.83. The van der Waals surface area contributed by atoms with Crippen LogP contribution in [0.3, 0.4) is 0 Å². The van der Waals surface area contributed by atoms with Gasteiger partial charge in [-0.3, -0.25) is 14.7 Å². The number of carboxylic acid groups (broad SMARTS) is 1. The molecule has 0 radical (unpaired) electrons. The number of aryl methyl sites for hydroxylation is 1. The molecule has 0 fully saturated rings. The standard InChI is InChI=1S/C29H23FN4O4S/c1-17-12-19(22-7-3-4-8-23(22)30)14-20(13-17)32-29(38)34(16-21-10-11-25(39-21)28(36)37)26-27(35)33-24-9-5-2-6-18(24)15-31-26/h2-15,26H,16H2,1H3,(H,32,38)(H,33,35)(H,36,37). The van der Waals surface area contributed by atoms with Gasteiger partial charge in [-0.2, -0.15) is 0 Å². The van der Waals surface area contributed by atoms with Crippen LogP contribution in [0.4, 0.5) is 20.6 Å². The zero-order chi connectivity index (χ0) is 27.5. The van der Waals surface area contributed by atoms with Crippen molar-refractivity contribution in [1.29, 1.82) is 0 Å². The molecule has 196 valence electrons. The largest absolute Gasteiger partial charge is 0.477 e. The number of hydrogen-bond donors (Lipinski definition) is 3. The van der Waals surface area contributed by atoms with Crippen LogP contribution in [0.2, 0.25) is 0 Å². The van der Waals surface area contributed by atoms with Gasteiger partial charge in [0.25, 0.3) is 5.91 Å². The Morgan fingerprint density at radius 2 is 1.85 bits per heavy atom. The van der Waals surface area contributed by atoms with E-state index < -0.39 is 29.9 Å². The number of aliphatic imine (C=N–C) groups is 1. The van der Waals surface area contributed by atoms with Crippen molar-refractivity contribution in [1.82, 2.24) is 4.90 Å². The minimum absolute atomic E-state index is 0.0679. The summed E-state index contributed by atoms with van der Waals surface area (Å²) in [5.74, 6) is -1.99. The molecule has 3 aromatic carbocycles. The molecule has 1 aliphatic heterocycles. The molecule has 4 aromatic rings. The van der Waals surface area contributed by atoms with Crippen LogP contribution in [0, 0.1) is 12.7 Å². The number of urea groups is 1. The van der Waals surface area contributed by atoms with E-state index in [0.717, 1.165) is 16.9 Å². The highest BCUT2D eigenvalue weighted by molar-refractivity contribution is 7.13. The molecular weight excluding hydrogens is 519 g/mol. The Bertz CT molecular complexity index is 1620. The summed E-state index contributed by atoms with van der Waals surface area (Å²) in [5.41, 5.74) is 3.42. The smallest absolute Gasteiger partial charge is 0.345 e. The first-order valence-electron chi connectivity index (χ1n) is 12.0. The highest BCUT2D eigenvalue weighted by atomic mass is 32.1. The molecule has 1 aliphatic rings. The minimum atomic E-state index is -1.23. The SMILES string of the molecule is Cc1cc(NC(=O)N(Cc2ccc(C(=O)O)s2)C2N=Cc3ccccc3NC2=O)cc(-c2ccccc2F)c1. The van der Waals surface area contributed by atoms with Gasteiger partial charge in [0, 0.05) is 33.6 Å². The van der Waals surface area contributed by atoms with Crippen LogP contribution in [-0.2, 0) is 11.3 Å². The zero-order valence-electron chi connectivity index (χ0n) is 20.7. The summed E-state index contributed by atoms with van der Waals surface area (Å²) in [6.45, 7) is 1.76. The Labute approximate surface area is 227 Å². The predicted octanol–water partition coefficient (Wildman–Crippen LogP) is 5.99. The Balaban J connectivity index is 1.48. The second-order valence-electron chi connectivity index (χ2n) is 8.93. The number of anilines is 2. The summed E-state index contributed by atoms with van der Waals surface area (Å²) >= 11 is 1.01. The number of rotatable bonds is 6. The maximum atomic E-state index is 14.5. The monoisotopic (exact) mass is 542 g/mol. The van der Waals surface area contributed by atoms with Crippen molar-refractivity contribution in [2.45, 2.75) is 19.6 Å². The molecule has 0 aliphatic carbocycles. The second kappa shape index (κ2) is 10.9. The quantitative estimate of drug-likeness (QED) is 0.278. The first kappa shape index (κ1) is 25.8. The predicted molar refractivity (Wildman–Crippen MR) is 149 cm³/mol. The van der Waals surface area contributed by atoms with Crippen LogP contribution in [0.5, 0.6) is 0 Å². The van der Waals surface area contributed by atoms with Gasteiger partial charge in [0.05, 0.1) is 6.54 Å². The van der Waals surface area contributed by atoms with Gasteiger partial charge in [-0.25, -0.2) is 14.0 Å². The Kier molecular flexibility index (Phi) is 7.20. The summed E-state index contributed by atoms with van der Waals surface area (Å²) < 4.78 is 14.5. The number of nitrogens with one attached hydrogen (secondary N) is 2. The van der Waals surface area contributed by atoms with Crippen LogP contribution < -0.4 is 10.6 Å². The lowest BCUT2D eigenvalue weighted by molar-refractivity contribution is -0.120. The normalized spacial score (nSPS) is 14.2. The summed E-state index contributed by atoms with van der Waals surface area (Å²) in [6, 6.07) is 21.1. The molecule has 8 nitrogen and oxygen atoms in total. The first-order chi connectivity index (χ1) is 18.8. The third-order valence-corrected chi connectivity index (χ3v) is 7.13. The van der Waals surface area contributed by atoms with Crippen molar-refractivity contribution in [3.8, 4) is 11.1 Å². The fraction of sp³-hybridized carbons (Fsp3) is 0.103. The van der Waals surface area contributed by atoms with Crippen LogP contribution in [0.25, 0.3) is 11.1 Å². The molecule has 10 heteroatoms. The number of carbonyl (C=O) groups is 3. The van der Waals surface area contributed by atoms with E-state index in [0.29, 0.717) is 32.9 Å². The minimum Gasteiger partial charge on any atom is -0.477 e. The van der Waals surface area contributed by atoms with Crippen molar-refractivity contribution < 1.29 is 23.9 Å². The molecule has 1 atom stereocenters. The number of benzodiazepines with no additional fused rings is 1. The highest BCUT2D eigenvalue weighted by Gasteiger charge is 2.32. The van der Waals surface area contributed by atoms with Gasteiger partial charge in [-0.15, -0.1) is 11.3 Å². The number of benzene rings is 3. The summed E-state index contributed by atoms with van der Waals surface area (Å²) in [5, 5.41) is 15.0. The van der Waals surface area contributed by atoms with Crippen molar-refractivity contribution in [2.24, 2.45) is 4.99 Å². The van der Waals surface area contributed by atoms with Crippen molar-refractivity contribution in [3.05, 3.63) is 106 Å². The van der Waals surface area contributed by atoms with Gasteiger partial charge in [0.15, 0.2) is 0 Å². The molecule has 0 spiro atoms. The van der Waals surface area contributed by atoms with E-state index in [1.165, 1.54) is 23.2 Å². The van der Waals surface area contributed by atoms with Crippen molar-refractivity contribution in [2.75, 3.05) is 10.6 Å². The van der Waals surface area contributed by atoms with E-state index in [1.807, 2.05) is 19.1 Å². The van der Waals surface area contributed by atoms with Crippen molar-refractivity contribution in [3.63, 3.8) is 0 Å². The van der Waals surface area contributed by atoms with Crippen LogP contribution in [-0.4, -0.2) is 40.3 Å². The maximum Gasteiger partial charge on any atom is 0.345 e. The number of nitrogens with zero attached hydrogens (tertiary/aromatic N) is 2. The lowest BCUT2D eigenvalue weighted by atomic mass is 10.0. The van der Waals surface area contributed by atoms with Crippen LogP contribution in [0.15, 0.2) is 83.9 Å². The summed E-state index contributed by atoms with van der Waals surface area (Å²) in [4.78, 5) is 44.6. The molecule has 3 amide bonds. The molecule has 5 rings (SSSR count).